The molecular weight excluding hydrogens is 162 g/mol. The Morgan fingerprint density at radius 2 is 2.15 bits per heavy atom. The van der Waals surface area contributed by atoms with Gasteiger partial charge in [0.1, 0.15) is 0 Å². The highest BCUT2D eigenvalue weighted by Gasteiger charge is 2.09. The number of rotatable bonds is 0. The van der Waals surface area contributed by atoms with Crippen LogP contribution in [0.25, 0.3) is 16.8 Å². The van der Waals surface area contributed by atoms with Crippen molar-refractivity contribution in [3.8, 4) is 5.88 Å². The molecule has 0 fully saturated rings. The summed E-state index contributed by atoms with van der Waals surface area (Å²) in [5, 5.41) is 2.28. The van der Waals surface area contributed by atoms with E-state index in [0.29, 0.717) is 5.88 Å². The number of hydrogen-bond acceptors (Lipinski definition) is 2. The Kier molecular flexibility index (Phi) is 1.19. The molecule has 1 aromatic heterocycles. The van der Waals surface area contributed by atoms with E-state index in [2.05, 4.69) is 17.1 Å². The monoisotopic (exact) mass is 169 g/mol. The minimum absolute atomic E-state index is 0.704. The molecule has 0 saturated carbocycles. The number of pyridine rings is 1. The largest absolute Gasteiger partial charge is 0.446 e. The second-order valence-corrected chi connectivity index (χ2v) is 2.98. The second-order valence-electron chi connectivity index (χ2n) is 2.98. The highest BCUT2D eigenvalue weighted by atomic mass is 16.5. The fraction of sp³-hybridized carbons (Fsp3) is 0. The SMILES string of the molecule is C1=Cc2cccc3ccnc(c23)O1. The average Bonchev–Trinajstić information content (AvgIpc) is 2.19. The molecule has 62 valence electrons. The van der Waals surface area contributed by atoms with Crippen LogP contribution >= 0.6 is 0 Å². The zero-order valence-electron chi connectivity index (χ0n) is 6.90. The van der Waals surface area contributed by atoms with Crippen molar-refractivity contribution >= 4 is 16.8 Å². The molecule has 0 spiro atoms. The molecule has 0 amide bonds. The summed E-state index contributed by atoms with van der Waals surface area (Å²) < 4.78 is 5.30. The maximum Gasteiger partial charge on any atom is 0.226 e. The van der Waals surface area contributed by atoms with Crippen LogP contribution in [-0.4, -0.2) is 4.98 Å². The Morgan fingerprint density at radius 3 is 3.15 bits per heavy atom. The maximum atomic E-state index is 5.30. The zero-order chi connectivity index (χ0) is 8.67. The summed E-state index contributed by atoms with van der Waals surface area (Å²) in [5.74, 6) is 0.704. The quantitative estimate of drug-likeness (QED) is 0.604. The van der Waals surface area contributed by atoms with E-state index in [1.54, 1.807) is 12.5 Å². The summed E-state index contributed by atoms with van der Waals surface area (Å²) >= 11 is 0. The molecule has 1 aromatic carbocycles. The third-order valence-corrected chi connectivity index (χ3v) is 2.22. The van der Waals surface area contributed by atoms with E-state index in [1.165, 1.54) is 10.9 Å². The van der Waals surface area contributed by atoms with Gasteiger partial charge in [-0.05, 0) is 23.1 Å². The lowest BCUT2D eigenvalue weighted by atomic mass is 10.1. The third kappa shape index (κ3) is 0.855. The number of nitrogens with zero attached hydrogens (tertiary/aromatic N) is 1. The van der Waals surface area contributed by atoms with E-state index >= 15 is 0 Å². The molecule has 0 saturated heterocycles. The standard InChI is InChI=1S/C11H7NO/c1-2-8-4-6-12-11-10(8)9(3-1)5-7-13-11/h1-7H. The molecule has 0 unspecified atom stereocenters. The molecule has 0 aliphatic carbocycles. The molecule has 0 atom stereocenters. The van der Waals surface area contributed by atoms with Gasteiger partial charge in [0, 0.05) is 6.20 Å². The van der Waals surface area contributed by atoms with Crippen molar-refractivity contribution in [2.75, 3.05) is 0 Å². The molecule has 1 aliphatic rings. The summed E-state index contributed by atoms with van der Waals surface area (Å²) in [5.41, 5.74) is 1.17. The molecule has 1 aliphatic heterocycles. The molecule has 3 rings (SSSR count). The van der Waals surface area contributed by atoms with Crippen LogP contribution in [0, 0.1) is 0 Å². The number of ether oxygens (including phenoxy) is 1. The summed E-state index contributed by atoms with van der Waals surface area (Å²) in [7, 11) is 0. The first-order chi connectivity index (χ1) is 6.45. The van der Waals surface area contributed by atoms with Gasteiger partial charge in [-0.1, -0.05) is 18.2 Å². The van der Waals surface area contributed by atoms with Crippen molar-refractivity contribution in [1.82, 2.24) is 4.98 Å². The van der Waals surface area contributed by atoms with Crippen LogP contribution in [0.1, 0.15) is 5.56 Å². The highest BCUT2D eigenvalue weighted by Crippen LogP contribution is 2.30. The third-order valence-electron chi connectivity index (χ3n) is 2.22. The first kappa shape index (κ1) is 6.66. The maximum absolute atomic E-state index is 5.30. The Bertz CT molecular complexity index is 497. The zero-order valence-corrected chi connectivity index (χ0v) is 6.90. The van der Waals surface area contributed by atoms with Gasteiger partial charge >= 0.3 is 0 Å². The number of hydrogen-bond donors (Lipinski definition) is 0. The van der Waals surface area contributed by atoms with Gasteiger partial charge in [0.25, 0.3) is 0 Å². The van der Waals surface area contributed by atoms with Crippen molar-refractivity contribution in [2.24, 2.45) is 0 Å². The van der Waals surface area contributed by atoms with Gasteiger partial charge in [0.2, 0.25) is 5.88 Å². The minimum Gasteiger partial charge on any atom is -0.446 e. The second kappa shape index (κ2) is 2.33. The average molecular weight is 169 g/mol. The Labute approximate surface area is 75.5 Å². The Hall–Kier alpha value is -1.83. The van der Waals surface area contributed by atoms with Crippen molar-refractivity contribution in [2.45, 2.75) is 0 Å². The summed E-state index contributed by atoms with van der Waals surface area (Å²) in [4.78, 5) is 4.16. The van der Waals surface area contributed by atoms with Crippen LogP contribution in [-0.2, 0) is 0 Å². The first-order valence-electron chi connectivity index (χ1n) is 4.16. The van der Waals surface area contributed by atoms with E-state index in [1.807, 2.05) is 18.2 Å². The lowest BCUT2D eigenvalue weighted by molar-refractivity contribution is 0.468. The topological polar surface area (TPSA) is 22.1 Å². The fourth-order valence-corrected chi connectivity index (χ4v) is 1.62. The van der Waals surface area contributed by atoms with Crippen LogP contribution in [0.3, 0.4) is 0 Å². The Balaban J connectivity index is 2.56. The van der Waals surface area contributed by atoms with Crippen molar-refractivity contribution in [3.63, 3.8) is 0 Å². The van der Waals surface area contributed by atoms with Crippen molar-refractivity contribution in [3.05, 3.63) is 42.3 Å². The summed E-state index contributed by atoms with van der Waals surface area (Å²) in [6, 6.07) is 8.15. The van der Waals surface area contributed by atoms with E-state index in [9.17, 15) is 0 Å². The van der Waals surface area contributed by atoms with E-state index < -0.39 is 0 Å². The van der Waals surface area contributed by atoms with E-state index in [0.717, 1.165) is 5.39 Å². The Morgan fingerprint density at radius 1 is 1.15 bits per heavy atom. The predicted molar refractivity (Wildman–Crippen MR) is 51.4 cm³/mol. The molecule has 2 nitrogen and oxygen atoms in total. The van der Waals surface area contributed by atoms with Crippen LogP contribution in [0.15, 0.2) is 36.7 Å². The normalized spacial score (nSPS) is 12.9. The molecular formula is C11H7NO. The molecule has 13 heavy (non-hydrogen) atoms. The van der Waals surface area contributed by atoms with Crippen LogP contribution < -0.4 is 4.74 Å². The summed E-state index contributed by atoms with van der Waals surface area (Å²) in [6.45, 7) is 0. The molecule has 2 aromatic rings. The highest BCUT2D eigenvalue weighted by molar-refractivity contribution is 5.95. The van der Waals surface area contributed by atoms with Crippen molar-refractivity contribution < 1.29 is 4.74 Å². The molecule has 2 heteroatoms. The number of aromatic nitrogens is 1. The van der Waals surface area contributed by atoms with Gasteiger partial charge in [0.15, 0.2) is 0 Å². The molecule has 0 N–H and O–H groups in total. The fourth-order valence-electron chi connectivity index (χ4n) is 1.62. The van der Waals surface area contributed by atoms with Crippen LogP contribution in [0.5, 0.6) is 5.88 Å². The molecule has 0 bridgehead atoms. The van der Waals surface area contributed by atoms with Crippen molar-refractivity contribution in [1.29, 1.82) is 0 Å². The van der Waals surface area contributed by atoms with Gasteiger partial charge in [-0.25, -0.2) is 4.98 Å². The smallest absolute Gasteiger partial charge is 0.226 e. The first-order valence-corrected chi connectivity index (χ1v) is 4.16. The van der Waals surface area contributed by atoms with Gasteiger partial charge in [-0.3, -0.25) is 0 Å². The van der Waals surface area contributed by atoms with Gasteiger partial charge in [-0.15, -0.1) is 0 Å². The molecule has 0 radical (unpaired) electrons. The molecule has 2 heterocycles. The van der Waals surface area contributed by atoms with E-state index in [4.69, 9.17) is 4.74 Å². The van der Waals surface area contributed by atoms with Crippen LogP contribution in [0.4, 0.5) is 0 Å². The number of benzene rings is 1. The minimum atomic E-state index is 0.704. The predicted octanol–water partition coefficient (Wildman–Crippen LogP) is 2.60. The lowest BCUT2D eigenvalue weighted by Crippen LogP contribution is -1.94. The van der Waals surface area contributed by atoms with E-state index in [-0.39, 0.29) is 0 Å². The van der Waals surface area contributed by atoms with Gasteiger partial charge in [-0.2, -0.15) is 0 Å². The van der Waals surface area contributed by atoms with Gasteiger partial charge in [0.05, 0.1) is 11.6 Å². The lowest BCUT2D eigenvalue weighted by Gasteiger charge is -2.10. The van der Waals surface area contributed by atoms with Gasteiger partial charge < -0.3 is 4.74 Å². The van der Waals surface area contributed by atoms with Crippen LogP contribution in [0.2, 0.25) is 0 Å². The summed E-state index contributed by atoms with van der Waals surface area (Å²) in [6.07, 6.45) is 5.39.